The number of aliphatic hydroxyl groups excluding tert-OH is 2. The van der Waals surface area contributed by atoms with E-state index >= 15 is 0 Å². The fraction of sp³-hybridized carbons (Fsp3) is 0.733. The Labute approximate surface area is 470 Å². The van der Waals surface area contributed by atoms with Crippen molar-refractivity contribution in [3.8, 4) is 0 Å². The van der Waals surface area contributed by atoms with Gasteiger partial charge in [0.15, 0.2) is 36.3 Å². The zero-order valence-electron chi connectivity index (χ0n) is 48.3. The number of ether oxygens (including phenoxy) is 6. The van der Waals surface area contributed by atoms with Gasteiger partial charge in [-0.3, -0.25) is 0 Å². The second kappa shape index (κ2) is 27.5. The molecule has 78 heavy (non-hydrogen) atoms. The average Bonchev–Trinajstić information content (AvgIpc) is 3.93. The van der Waals surface area contributed by atoms with Gasteiger partial charge in [-0.2, -0.15) is 0 Å². The molecule has 2 aromatic carbocycles. The predicted molar refractivity (Wildman–Crippen MR) is 309 cm³/mol. The van der Waals surface area contributed by atoms with Crippen molar-refractivity contribution >= 4 is 36.3 Å². The first-order valence-electron chi connectivity index (χ1n) is 29.6. The summed E-state index contributed by atoms with van der Waals surface area (Å²) < 4.78 is 103. The van der Waals surface area contributed by atoms with Crippen LogP contribution in [0, 0.1) is 34.5 Å². The Hall–Kier alpha value is -2.15. The molecule has 2 aliphatic carbocycles. The van der Waals surface area contributed by atoms with Gasteiger partial charge in [-0.1, -0.05) is 116 Å². The zero-order chi connectivity index (χ0) is 56.3. The third-order valence-electron chi connectivity index (χ3n) is 18.4. The van der Waals surface area contributed by atoms with Gasteiger partial charge in [0.1, 0.15) is 0 Å². The molecule has 2 saturated carbocycles. The van der Waals surface area contributed by atoms with Gasteiger partial charge >= 0.3 is 0 Å². The number of fused-ring (bicyclic) bond motifs is 6. The number of allylic oxidation sites excluding steroid dienone is 4. The number of aliphatic hydroxyl groups is 2. The van der Waals surface area contributed by atoms with Crippen molar-refractivity contribution in [2.24, 2.45) is 34.5 Å². The quantitative estimate of drug-likeness (QED) is 0.0466. The first-order valence-corrected chi connectivity index (χ1v) is 37.9. The molecule has 2 N–H and O–H groups in total. The van der Waals surface area contributed by atoms with Crippen LogP contribution < -0.4 is 0 Å². The molecule has 440 valence electrons. The first kappa shape index (κ1) is 63.4. The SMILES string of the molecule is CC12COC(CCC/C=C\C[C@@H]3[C@@H](CS(=O)(=O)c4ccccc4)[C@H](O)C[C@@H]3O)(OC1)OC2.CC[Si](CC)(CC)O[C@H]1C[C@@H](O[Si](CC)(CC)CC)[C@H](CS(=O)(=O)c2ccccc2)[C@H]1C/C=C\CCCC12OCC(C)(CO1)CO2. The minimum Gasteiger partial charge on any atom is -0.414 e. The molecular formula is C60H96O14S2Si2. The van der Waals surface area contributed by atoms with Gasteiger partial charge < -0.3 is 47.5 Å². The lowest BCUT2D eigenvalue weighted by atomic mass is 9.91. The van der Waals surface area contributed by atoms with E-state index in [4.69, 9.17) is 37.3 Å². The number of sulfone groups is 2. The molecule has 8 aliphatic rings. The van der Waals surface area contributed by atoms with E-state index in [9.17, 15) is 27.0 Å². The molecule has 8 atom stereocenters. The number of rotatable bonds is 28. The summed E-state index contributed by atoms with van der Waals surface area (Å²) in [5.74, 6) is -2.70. The van der Waals surface area contributed by atoms with Crippen molar-refractivity contribution in [2.75, 3.05) is 51.1 Å². The predicted octanol–water partition coefficient (Wildman–Crippen LogP) is 11.4. The van der Waals surface area contributed by atoms with Crippen LogP contribution in [0.15, 0.2) is 94.8 Å². The normalized spacial score (nSPS) is 33.3. The van der Waals surface area contributed by atoms with E-state index in [1.807, 2.05) is 30.4 Å². The number of hydrogen-bond donors (Lipinski definition) is 2. The molecule has 18 heteroatoms. The maximum atomic E-state index is 13.9. The summed E-state index contributed by atoms with van der Waals surface area (Å²) in [6, 6.07) is 23.6. The first-order chi connectivity index (χ1) is 37.2. The lowest BCUT2D eigenvalue weighted by molar-refractivity contribution is -0.467. The second-order valence-electron chi connectivity index (χ2n) is 24.2. The fourth-order valence-corrected chi connectivity index (χ4v) is 21.8. The minimum atomic E-state index is -3.53. The summed E-state index contributed by atoms with van der Waals surface area (Å²) in [5, 5.41) is 20.8. The van der Waals surface area contributed by atoms with Gasteiger partial charge in [0.25, 0.3) is 11.9 Å². The lowest BCUT2D eigenvalue weighted by Crippen LogP contribution is -2.58. The molecule has 0 unspecified atom stereocenters. The van der Waals surface area contributed by atoms with Crippen LogP contribution in [0.25, 0.3) is 0 Å². The largest absolute Gasteiger partial charge is 0.414 e. The highest BCUT2D eigenvalue weighted by molar-refractivity contribution is 7.91. The van der Waals surface area contributed by atoms with Gasteiger partial charge in [-0.25, -0.2) is 16.8 Å². The van der Waals surface area contributed by atoms with Crippen LogP contribution >= 0.6 is 0 Å². The van der Waals surface area contributed by atoms with Gasteiger partial charge in [0.2, 0.25) is 0 Å². The maximum Gasteiger partial charge on any atom is 0.282 e. The van der Waals surface area contributed by atoms with Crippen molar-refractivity contribution in [3.05, 3.63) is 85.0 Å². The summed E-state index contributed by atoms with van der Waals surface area (Å²) in [5.41, 5.74) is -0.0756. The molecule has 14 nitrogen and oxygen atoms in total. The molecule has 6 saturated heterocycles. The monoisotopic (exact) mass is 1160 g/mol. The third-order valence-corrected chi connectivity index (χ3v) is 31.4. The van der Waals surface area contributed by atoms with E-state index in [0.29, 0.717) is 63.8 Å². The molecule has 10 rings (SSSR count). The summed E-state index contributed by atoms with van der Waals surface area (Å²) in [6.45, 7) is 21.8. The standard InChI is InChI=1S/C36H62O7SSi2.C24H34O7S/c1-8-45(9-2,10-3)42-33-25-34(43-46(11-4,12-5)13-6)32(26-44(37,38)30-21-17-16-18-22-30)31(33)23-19-14-15-20-24-36-39-27-35(7,28-40-36)29-41-36;1-23-15-29-24(30-16-23,31-17-23)12-8-3-2-7-11-19-20(22(26)13-21(19)25)14-32(27,28)18-9-5-4-6-10-18/h14,16-19,21-22,31-34H,8-13,15,20,23-29H2,1-7H3;2,4-7,9-10,19-22,25-26H,3,8,11-17H2,1H3/b19-14-;7-2-/t31-,32-,33+,34-,35?,36?;19-,20-,21+,22-,23?,24?/m11/s1. The second-order valence-corrected chi connectivity index (χ2v) is 37.7. The maximum absolute atomic E-state index is 13.9. The van der Waals surface area contributed by atoms with E-state index in [0.717, 1.165) is 74.8 Å². The molecule has 2 aromatic rings. The Morgan fingerprint density at radius 3 is 1.23 bits per heavy atom. The summed E-state index contributed by atoms with van der Waals surface area (Å²) in [6.07, 6.45) is 13.9. The van der Waals surface area contributed by atoms with Crippen LogP contribution in [0.5, 0.6) is 0 Å². The van der Waals surface area contributed by atoms with Crippen molar-refractivity contribution in [3.63, 3.8) is 0 Å². The Morgan fingerprint density at radius 1 is 0.500 bits per heavy atom. The smallest absolute Gasteiger partial charge is 0.282 e. The van der Waals surface area contributed by atoms with Crippen molar-refractivity contribution < 1.29 is 64.3 Å². The molecular weight excluding hydrogens is 1060 g/mol. The van der Waals surface area contributed by atoms with E-state index in [2.05, 4.69) is 67.5 Å². The van der Waals surface area contributed by atoms with Crippen LogP contribution in [0.4, 0.5) is 0 Å². The van der Waals surface area contributed by atoms with Gasteiger partial charge in [-0.15, -0.1) is 0 Å². The van der Waals surface area contributed by atoms with Crippen molar-refractivity contribution in [1.29, 1.82) is 0 Å². The molecule has 6 aliphatic heterocycles. The van der Waals surface area contributed by atoms with Gasteiger partial charge in [0.05, 0.1) is 85.4 Å². The Bertz CT molecular complexity index is 2390. The summed E-state index contributed by atoms with van der Waals surface area (Å²) >= 11 is 0. The highest BCUT2D eigenvalue weighted by Gasteiger charge is 2.53. The zero-order valence-corrected chi connectivity index (χ0v) is 51.9. The highest BCUT2D eigenvalue weighted by atomic mass is 32.2. The average molecular weight is 1160 g/mol. The van der Waals surface area contributed by atoms with Crippen molar-refractivity contribution in [1.82, 2.24) is 0 Å². The molecule has 0 radical (unpaired) electrons. The molecule has 0 aromatic heterocycles. The topological polar surface area (TPSA) is 183 Å². The molecule has 4 bridgehead atoms. The molecule has 6 heterocycles. The minimum absolute atomic E-state index is 0.00212. The van der Waals surface area contributed by atoms with Gasteiger partial charge in [0, 0.05) is 35.5 Å². The highest BCUT2D eigenvalue weighted by Crippen LogP contribution is 2.46. The van der Waals surface area contributed by atoms with E-state index in [-0.39, 0.29) is 63.6 Å². The van der Waals surface area contributed by atoms with E-state index in [1.54, 1.807) is 42.5 Å². The molecule has 0 amide bonds. The van der Waals surface area contributed by atoms with Crippen LogP contribution in [0.1, 0.15) is 120 Å². The van der Waals surface area contributed by atoms with Crippen LogP contribution in [-0.2, 0) is 56.9 Å². The Morgan fingerprint density at radius 2 is 0.846 bits per heavy atom. The number of unbranched alkanes of at least 4 members (excludes halogenated alkanes) is 2. The summed E-state index contributed by atoms with van der Waals surface area (Å²) in [4.78, 5) is 0.646. The third kappa shape index (κ3) is 15.7. The van der Waals surface area contributed by atoms with Crippen LogP contribution in [0.3, 0.4) is 0 Å². The Balaban J connectivity index is 0.000000241. The van der Waals surface area contributed by atoms with Crippen molar-refractivity contribution in [2.45, 2.75) is 202 Å². The van der Waals surface area contributed by atoms with Crippen LogP contribution in [0.2, 0.25) is 36.3 Å². The summed E-state index contributed by atoms with van der Waals surface area (Å²) in [7, 11) is -11.0. The number of benzene rings is 2. The van der Waals surface area contributed by atoms with E-state index in [1.165, 1.54) is 0 Å². The molecule has 0 spiro atoms. The van der Waals surface area contributed by atoms with Crippen LogP contribution in [-0.4, -0.2) is 131 Å². The molecule has 8 fully saturated rings. The van der Waals surface area contributed by atoms with E-state index < -0.39 is 66.4 Å². The Kier molecular flexibility index (Phi) is 22.4. The fourth-order valence-electron chi connectivity index (χ4n) is 12.5. The number of hydrogen-bond acceptors (Lipinski definition) is 14. The lowest BCUT2D eigenvalue weighted by Gasteiger charge is -2.50. The van der Waals surface area contributed by atoms with Gasteiger partial charge in [-0.05, 0) is 124 Å².